The SMILES string of the molecule is Cc1ccc(NC(=O)CSc2cn(Cc3ccc(Br)cc3)c3ccccc23)c(C)c1. The van der Waals surface area contributed by atoms with Gasteiger partial charge in [-0.05, 0) is 49.2 Å². The van der Waals surface area contributed by atoms with E-state index in [1.54, 1.807) is 11.8 Å². The van der Waals surface area contributed by atoms with E-state index in [1.165, 1.54) is 22.0 Å². The first-order valence-electron chi connectivity index (χ1n) is 9.82. The summed E-state index contributed by atoms with van der Waals surface area (Å²) >= 11 is 5.07. The van der Waals surface area contributed by atoms with Crippen molar-refractivity contribution in [1.29, 1.82) is 0 Å². The molecule has 0 aliphatic carbocycles. The van der Waals surface area contributed by atoms with Gasteiger partial charge in [-0.3, -0.25) is 4.79 Å². The molecule has 0 saturated carbocycles. The molecule has 0 bridgehead atoms. The summed E-state index contributed by atoms with van der Waals surface area (Å²) in [6, 6.07) is 22.8. The zero-order chi connectivity index (χ0) is 21.1. The van der Waals surface area contributed by atoms with Crippen molar-refractivity contribution in [3.8, 4) is 0 Å². The first-order chi connectivity index (χ1) is 14.5. The maximum Gasteiger partial charge on any atom is 0.234 e. The van der Waals surface area contributed by atoms with E-state index in [4.69, 9.17) is 0 Å². The molecule has 4 rings (SSSR count). The molecule has 1 aromatic heterocycles. The van der Waals surface area contributed by atoms with E-state index < -0.39 is 0 Å². The van der Waals surface area contributed by atoms with Crippen LogP contribution in [0.1, 0.15) is 16.7 Å². The standard InChI is InChI=1S/C25H23BrN2OS/c1-17-7-12-22(18(2)13-17)27-25(29)16-30-24-15-28(23-6-4-3-5-21(23)24)14-19-8-10-20(26)11-9-19/h3-13,15H,14,16H2,1-2H3,(H,27,29). The Kier molecular flexibility index (Phi) is 6.30. The summed E-state index contributed by atoms with van der Waals surface area (Å²) in [5.41, 5.74) is 5.57. The van der Waals surface area contributed by atoms with Crippen LogP contribution < -0.4 is 5.32 Å². The first-order valence-corrected chi connectivity index (χ1v) is 11.6. The van der Waals surface area contributed by atoms with Crippen LogP contribution in [0.15, 0.2) is 82.3 Å². The summed E-state index contributed by atoms with van der Waals surface area (Å²) in [5, 5.41) is 4.22. The summed E-state index contributed by atoms with van der Waals surface area (Å²) < 4.78 is 3.33. The van der Waals surface area contributed by atoms with Gasteiger partial charge in [-0.25, -0.2) is 0 Å². The number of thioether (sulfide) groups is 1. The van der Waals surface area contributed by atoms with Gasteiger partial charge in [0.05, 0.1) is 5.75 Å². The van der Waals surface area contributed by atoms with Gasteiger partial charge >= 0.3 is 0 Å². The largest absolute Gasteiger partial charge is 0.342 e. The number of hydrogen-bond acceptors (Lipinski definition) is 2. The fourth-order valence-electron chi connectivity index (χ4n) is 3.53. The summed E-state index contributed by atoms with van der Waals surface area (Å²) in [4.78, 5) is 13.7. The molecule has 0 fully saturated rings. The number of aromatic nitrogens is 1. The van der Waals surface area contributed by atoms with E-state index in [0.717, 1.165) is 27.2 Å². The highest BCUT2D eigenvalue weighted by atomic mass is 79.9. The normalized spacial score (nSPS) is 11.0. The fraction of sp³-hybridized carbons (Fsp3) is 0.160. The molecule has 0 aliphatic heterocycles. The highest BCUT2D eigenvalue weighted by Gasteiger charge is 2.12. The average molecular weight is 479 g/mol. The number of para-hydroxylation sites is 1. The first kappa shape index (κ1) is 20.8. The van der Waals surface area contributed by atoms with Crippen LogP contribution in [0.25, 0.3) is 10.9 Å². The maximum absolute atomic E-state index is 12.5. The molecule has 0 saturated heterocycles. The second kappa shape index (κ2) is 9.11. The number of benzene rings is 3. The molecule has 0 radical (unpaired) electrons. The molecular weight excluding hydrogens is 456 g/mol. The van der Waals surface area contributed by atoms with E-state index in [2.05, 4.69) is 87.5 Å². The predicted octanol–water partition coefficient (Wildman–Crippen LogP) is 6.80. The molecule has 3 aromatic carbocycles. The van der Waals surface area contributed by atoms with Crippen molar-refractivity contribution >= 4 is 50.2 Å². The number of amides is 1. The van der Waals surface area contributed by atoms with Crippen molar-refractivity contribution in [2.24, 2.45) is 0 Å². The van der Waals surface area contributed by atoms with E-state index in [9.17, 15) is 4.79 Å². The van der Waals surface area contributed by atoms with Gasteiger partial charge in [0.25, 0.3) is 0 Å². The number of nitrogens with one attached hydrogen (secondary N) is 1. The van der Waals surface area contributed by atoms with Crippen molar-refractivity contribution < 1.29 is 4.79 Å². The molecule has 152 valence electrons. The van der Waals surface area contributed by atoms with Crippen LogP contribution in [0.4, 0.5) is 5.69 Å². The van der Waals surface area contributed by atoms with Gasteiger partial charge in [0.15, 0.2) is 0 Å². The molecular formula is C25H23BrN2OS. The number of anilines is 1. The lowest BCUT2D eigenvalue weighted by molar-refractivity contribution is -0.113. The third kappa shape index (κ3) is 4.79. The van der Waals surface area contributed by atoms with Crippen LogP contribution in [0.2, 0.25) is 0 Å². The topological polar surface area (TPSA) is 34.0 Å². The number of carbonyl (C=O) groups excluding carboxylic acids is 1. The van der Waals surface area contributed by atoms with Crippen LogP contribution in [-0.2, 0) is 11.3 Å². The summed E-state index contributed by atoms with van der Waals surface area (Å²) in [7, 11) is 0. The number of hydrogen-bond donors (Lipinski definition) is 1. The van der Waals surface area contributed by atoms with Crippen LogP contribution in [0.3, 0.4) is 0 Å². The van der Waals surface area contributed by atoms with Crippen LogP contribution >= 0.6 is 27.7 Å². The fourth-order valence-corrected chi connectivity index (χ4v) is 4.68. The van der Waals surface area contributed by atoms with Crippen LogP contribution in [0, 0.1) is 13.8 Å². The Morgan fingerprint density at radius 3 is 2.57 bits per heavy atom. The highest BCUT2D eigenvalue weighted by molar-refractivity contribution is 9.10. The Bertz CT molecular complexity index is 1200. The van der Waals surface area contributed by atoms with Crippen molar-refractivity contribution in [1.82, 2.24) is 4.57 Å². The minimum Gasteiger partial charge on any atom is -0.342 e. The highest BCUT2D eigenvalue weighted by Crippen LogP contribution is 2.31. The van der Waals surface area contributed by atoms with Crippen molar-refractivity contribution in [2.45, 2.75) is 25.3 Å². The van der Waals surface area contributed by atoms with Gasteiger partial charge in [-0.2, -0.15) is 0 Å². The number of rotatable bonds is 6. The Balaban J connectivity index is 1.50. The Morgan fingerprint density at radius 2 is 1.80 bits per heavy atom. The monoisotopic (exact) mass is 478 g/mol. The van der Waals surface area contributed by atoms with Gasteiger partial charge < -0.3 is 9.88 Å². The summed E-state index contributed by atoms with van der Waals surface area (Å²) in [6.45, 7) is 4.87. The van der Waals surface area contributed by atoms with E-state index >= 15 is 0 Å². The lowest BCUT2D eigenvalue weighted by Gasteiger charge is -2.08. The van der Waals surface area contributed by atoms with E-state index in [-0.39, 0.29) is 5.91 Å². The molecule has 1 N–H and O–H groups in total. The smallest absolute Gasteiger partial charge is 0.234 e. The van der Waals surface area contributed by atoms with Gasteiger partial charge in [-0.15, -0.1) is 11.8 Å². The molecule has 4 aromatic rings. The molecule has 5 heteroatoms. The molecule has 0 aliphatic rings. The third-order valence-electron chi connectivity index (χ3n) is 5.03. The van der Waals surface area contributed by atoms with Crippen molar-refractivity contribution in [3.05, 3.63) is 94.1 Å². The second-order valence-corrected chi connectivity index (χ2v) is 9.35. The molecule has 0 atom stereocenters. The molecule has 1 heterocycles. The number of aryl methyl sites for hydroxylation is 2. The van der Waals surface area contributed by atoms with E-state index in [0.29, 0.717) is 5.75 Å². The molecule has 1 amide bonds. The summed E-state index contributed by atoms with van der Waals surface area (Å²) in [6.07, 6.45) is 2.15. The Morgan fingerprint density at radius 1 is 1.03 bits per heavy atom. The minimum absolute atomic E-state index is 0.0108. The molecule has 0 unspecified atom stereocenters. The van der Waals surface area contributed by atoms with Gasteiger partial charge in [0.1, 0.15) is 0 Å². The zero-order valence-electron chi connectivity index (χ0n) is 17.0. The predicted molar refractivity (Wildman–Crippen MR) is 130 cm³/mol. The van der Waals surface area contributed by atoms with Gasteiger partial charge in [0.2, 0.25) is 5.91 Å². The maximum atomic E-state index is 12.5. The summed E-state index contributed by atoms with van der Waals surface area (Å²) in [5.74, 6) is 0.385. The Hall–Kier alpha value is -2.50. The van der Waals surface area contributed by atoms with Crippen LogP contribution in [0.5, 0.6) is 0 Å². The van der Waals surface area contributed by atoms with Crippen molar-refractivity contribution in [3.63, 3.8) is 0 Å². The number of halogens is 1. The molecule has 3 nitrogen and oxygen atoms in total. The zero-order valence-corrected chi connectivity index (χ0v) is 19.4. The minimum atomic E-state index is 0.0108. The number of carbonyl (C=O) groups is 1. The Labute approximate surface area is 189 Å². The van der Waals surface area contributed by atoms with Crippen molar-refractivity contribution in [2.75, 3.05) is 11.1 Å². The number of fused-ring (bicyclic) bond motifs is 1. The van der Waals surface area contributed by atoms with Gasteiger partial charge in [0, 0.05) is 38.7 Å². The van der Waals surface area contributed by atoms with Crippen LogP contribution in [-0.4, -0.2) is 16.2 Å². The lowest BCUT2D eigenvalue weighted by atomic mass is 10.1. The quantitative estimate of drug-likeness (QED) is 0.309. The van der Waals surface area contributed by atoms with Gasteiger partial charge in [-0.1, -0.05) is 64.0 Å². The molecule has 0 spiro atoms. The third-order valence-corrected chi connectivity index (χ3v) is 6.60. The number of nitrogens with zero attached hydrogens (tertiary/aromatic N) is 1. The average Bonchev–Trinajstić information content (AvgIpc) is 3.08. The lowest BCUT2D eigenvalue weighted by Crippen LogP contribution is -2.14. The molecule has 30 heavy (non-hydrogen) atoms. The van der Waals surface area contributed by atoms with E-state index in [1.807, 2.05) is 25.1 Å². The second-order valence-electron chi connectivity index (χ2n) is 7.42.